The van der Waals surface area contributed by atoms with Crippen LogP contribution in [0.3, 0.4) is 0 Å². The molecule has 0 fully saturated rings. The van der Waals surface area contributed by atoms with E-state index in [0.29, 0.717) is 11.8 Å². The fourth-order valence-corrected chi connectivity index (χ4v) is 3.55. The number of rotatable bonds is 2. The molecule has 2 aliphatic carbocycles. The standard InChI is InChI=1S/C14H22.C4H8O.C2H6/c1-4-13-11(2)8-9-12-7-5-6-10-14(12,13)3;1-3-4(2)5;1-2/h7-9,11,13H,4-6,10H2,1-3H3;3H2,1-2H3;1-2H3. The van der Waals surface area contributed by atoms with Gasteiger partial charge in [-0.3, -0.25) is 0 Å². The summed E-state index contributed by atoms with van der Waals surface area (Å²) in [4.78, 5) is 9.81. The van der Waals surface area contributed by atoms with Gasteiger partial charge in [0.25, 0.3) is 0 Å². The lowest BCUT2D eigenvalue weighted by molar-refractivity contribution is -0.116. The Morgan fingerprint density at radius 3 is 2.38 bits per heavy atom. The molecule has 2 aliphatic rings. The molecule has 0 aromatic rings. The smallest absolute Gasteiger partial charge is 0.129 e. The maximum atomic E-state index is 9.81. The third kappa shape index (κ3) is 5.45. The van der Waals surface area contributed by atoms with Crippen LogP contribution >= 0.6 is 0 Å². The second-order valence-corrected chi connectivity index (χ2v) is 6.26. The summed E-state index contributed by atoms with van der Waals surface area (Å²) in [7, 11) is 0. The second kappa shape index (κ2) is 9.97. The maximum Gasteiger partial charge on any atom is 0.129 e. The number of hydrogen-bond acceptors (Lipinski definition) is 1. The molecule has 122 valence electrons. The van der Waals surface area contributed by atoms with E-state index in [4.69, 9.17) is 0 Å². The average Bonchev–Trinajstić information content (AvgIpc) is 2.49. The lowest BCUT2D eigenvalue weighted by atomic mass is 9.59. The van der Waals surface area contributed by atoms with Crippen LogP contribution in [0.2, 0.25) is 0 Å². The van der Waals surface area contributed by atoms with E-state index in [-0.39, 0.29) is 5.78 Å². The van der Waals surface area contributed by atoms with Crippen LogP contribution in [0.1, 0.15) is 80.6 Å². The Balaban J connectivity index is 0.000000489. The summed E-state index contributed by atoms with van der Waals surface area (Å²) in [6, 6.07) is 0. The molecule has 0 N–H and O–H groups in total. The number of Topliss-reactive ketones (excluding diaryl/α,β-unsaturated/α-hetero) is 1. The third-order valence-corrected chi connectivity index (χ3v) is 4.89. The number of fused-ring (bicyclic) bond motifs is 1. The van der Waals surface area contributed by atoms with Crippen molar-refractivity contribution in [2.45, 2.75) is 80.6 Å². The Morgan fingerprint density at radius 1 is 1.33 bits per heavy atom. The summed E-state index contributed by atoms with van der Waals surface area (Å²) in [5.41, 5.74) is 2.11. The van der Waals surface area contributed by atoms with Crippen molar-refractivity contribution < 1.29 is 4.79 Å². The fourth-order valence-electron chi connectivity index (χ4n) is 3.55. The van der Waals surface area contributed by atoms with Crippen LogP contribution in [0, 0.1) is 17.3 Å². The second-order valence-electron chi connectivity index (χ2n) is 6.26. The topological polar surface area (TPSA) is 17.1 Å². The highest BCUT2D eigenvalue weighted by atomic mass is 16.1. The zero-order chi connectivity index (χ0) is 16.5. The molecule has 1 nitrogen and oxygen atoms in total. The van der Waals surface area contributed by atoms with Gasteiger partial charge < -0.3 is 4.79 Å². The van der Waals surface area contributed by atoms with Crippen LogP contribution in [-0.4, -0.2) is 5.78 Å². The van der Waals surface area contributed by atoms with E-state index in [0.717, 1.165) is 11.8 Å². The highest BCUT2D eigenvalue weighted by Gasteiger charge is 2.40. The van der Waals surface area contributed by atoms with E-state index in [9.17, 15) is 4.79 Å². The highest BCUT2D eigenvalue weighted by molar-refractivity contribution is 5.74. The van der Waals surface area contributed by atoms with Gasteiger partial charge in [0.1, 0.15) is 5.78 Å². The largest absolute Gasteiger partial charge is 0.300 e. The Morgan fingerprint density at radius 2 is 1.90 bits per heavy atom. The SMILES string of the molecule is CC.CCC(C)=O.CCC1C(C)C=CC2=CCCCC21C. The number of carbonyl (C=O) groups is 1. The first kappa shape index (κ1) is 20.1. The Kier molecular flexibility index (Phi) is 9.57. The van der Waals surface area contributed by atoms with Crippen molar-refractivity contribution in [2.24, 2.45) is 17.3 Å². The minimum absolute atomic E-state index is 0.255. The number of carbonyl (C=O) groups excluding carboxylic acids is 1. The molecule has 21 heavy (non-hydrogen) atoms. The predicted octanol–water partition coefficient (Wildman–Crippen LogP) is 6.35. The molecule has 3 atom stereocenters. The van der Waals surface area contributed by atoms with E-state index >= 15 is 0 Å². The van der Waals surface area contributed by atoms with Crippen LogP contribution < -0.4 is 0 Å². The Hall–Kier alpha value is -0.850. The first-order valence-corrected chi connectivity index (χ1v) is 8.84. The van der Waals surface area contributed by atoms with Gasteiger partial charge in [-0.1, -0.05) is 66.2 Å². The molecule has 0 aromatic heterocycles. The van der Waals surface area contributed by atoms with Crippen molar-refractivity contribution in [2.75, 3.05) is 0 Å². The summed E-state index contributed by atoms with van der Waals surface area (Å²) >= 11 is 0. The van der Waals surface area contributed by atoms with Gasteiger partial charge >= 0.3 is 0 Å². The summed E-state index contributed by atoms with van der Waals surface area (Å²) in [5.74, 6) is 1.88. The normalized spacial score (nSPS) is 30.0. The molecular weight excluding hydrogens is 256 g/mol. The summed E-state index contributed by atoms with van der Waals surface area (Å²) in [6.07, 6.45) is 13.3. The Labute approximate surface area is 132 Å². The molecule has 0 aliphatic heterocycles. The molecule has 0 bridgehead atoms. The van der Waals surface area contributed by atoms with Gasteiger partial charge in [-0.05, 0) is 49.0 Å². The molecule has 0 aromatic carbocycles. The minimum Gasteiger partial charge on any atom is -0.300 e. The zero-order valence-corrected chi connectivity index (χ0v) is 15.3. The molecule has 1 heteroatoms. The minimum atomic E-state index is 0.255. The summed E-state index contributed by atoms with van der Waals surface area (Å²) < 4.78 is 0. The Bertz CT molecular complexity index is 364. The molecule has 0 amide bonds. The van der Waals surface area contributed by atoms with Crippen molar-refractivity contribution in [1.82, 2.24) is 0 Å². The number of hydrogen-bond donors (Lipinski definition) is 0. The summed E-state index contributed by atoms with van der Waals surface area (Å²) in [6.45, 7) is 14.6. The molecule has 0 saturated heterocycles. The van der Waals surface area contributed by atoms with E-state index in [1.165, 1.54) is 25.7 Å². The molecule has 3 unspecified atom stereocenters. The number of allylic oxidation sites excluding steroid dienone is 4. The summed E-state index contributed by atoms with van der Waals surface area (Å²) in [5, 5.41) is 0. The van der Waals surface area contributed by atoms with E-state index in [1.54, 1.807) is 12.5 Å². The third-order valence-electron chi connectivity index (χ3n) is 4.89. The fraction of sp³-hybridized carbons (Fsp3) is 0.750. The quantitative estimate of drug-likeness (QED) is 0.580. The molecule has 0 radical (unpaired) electrons. The van der Waals surface area contributed by atoms with Gasteiger partial charge in [-0.2, -0.15) is 0 Å². The molecule has 0 saturated carbocycles. The first-order valence-electron chi connectivity index (χ1n) is 8.84. The van der Waals surface area contributed by atoms with Crippen molar-refractivity contribution in [3.05, 3.63) is 23.8 Å². The van der Waals surface area contributed by atoms with E-state index < -0.39 is 0 Å². The first-order chi connectivity index (χ1) is 9.95. The monoisotopic (exact) mass is 292 g/mol. The van der Waals surface area contributed by atoms with Crippen molar-refractivity contribution in [3.8, 4) is 0 Å². The molecule has 0 spiro atoms. The van der Waals surface area contributed by atoms with Gasteiger partial charge in [0.05, 0.1) is 0 Å². The van der Waals surface area contributed by atoms with Gasteiger partial charge in [-0.15, -0.1) is 0 Å². The maximum absolute atomic E-state index is 9.81. The van der Waals surface area contributed by atoms with Crippen LogP contribution in [-0.2, 0) is 4.79 Å². The van der Waals surface area contributed by atoms with Gasteiger partial charge in [-0.25, -0.2) is 0 Å². The van der Waals surface area contributed by atoms with E-state index in [2.05, 4.69) is 39.0 Å². The average molecular weight is 293 g/mol. The van der Waals surface area contributed by atoms with Crippen LogP contribution in [0.4, 0.5) is 0 Å². The van der Waals surface area contributed by atoms with Crippen LogP contribution in [0.15, 0.2) is 23.8 Å². The van der Waals surface area contributed by atoms with Crippen molar-refractivity contribution >= 4 is 5.78 Å². The lowest BCUT2D eigenvalue weighted by Gasteiger charge is -2.46. The highest BCUT2D eigenvalue weighted by Crippen LogP contribution is 2.51. The van der Waals surface area contributed by atoms with Crippen LogP contribution in [0.5, 0.6) is 0 Å². The molecule has 0 heterocycles. The van der Waals surface area contributed by atoms with E-state index in [1.807, 2.05) is 20.8 Å². The zero-order valence-electron chi connectivity index (χ0n) is 15.3. The molecular formula is C20H36O. The van der Waals surface area contributed by atoms with Gasteiger partial charge in [0.15, 0.2) is 0 Å². The van der Waals surface area contributed by atoms with Gasteiger partial charge in [0.2, 0.25) is 0 Å². The van der Waals surface area contributed by atoms with Crippen molar-refractivity contribution in [1.29, 1.82) is 0 Å². The predicted molar refractivity (Wildman–Crippen MR) is 94.4 cm³/mol. The lowest BCUT2D eigenvalue weighted by Crippen LogP contribution is -2.36. The van der Waals surface area contributed by atoms with Crippen molar-refractivity contribution in [3.63, 3.8) is 0 Å². The van der Waals surface area contributed by atoms with Gasteiger partial charge in [0, 0.05) is 6.42 Å². The molecule has 2 rings (SSSR count). The number of ketones is 1. The van der Waals surface area contributed by atoms with Crippen LogP contribution in [0.25, 0.3) is 0 Å².